The lowest BCUT2D eigenvalue weighted by Crippen LogP contribution is -2.47. The zero-order valence-corrected chi connectivity index (χ0v) is 15.4. The Morgan fingerprint density at radius 2 is 2.08 bits per heavy atom. The molecule has 1 atom stereocenters. The number of likely N-dealkylation sites (tertiary alicyclic amines) is 2. The van der Waals surface area contributed by atoms with Gasteiger partial charge in [0.1, 0.15) is 5.69 Å². The van der Waals surface area contributed by atoms with Crippen LogP contribution in [0.1, 0.15) is 36.2 Å². The lowest BCUT2D eigenvalue weighted by molar-refractivity contribution is -0.133. The maximum absolute atomic E-state index is 12.9. The molecule has 3 heterocycles. The number of hydrogen-bond acceptors (Lipinski definition) is 4. The normalized spacial score (nSPS) is 25.1. The van der Waals surface area contributed by atoms with E-state index in [2.05, 4.69) is 9.88 Å². The predicted octanol–water partition coefficient (Wildman–Crippen LogP) is 1.82. The molecule has 1 aromatic heterocycles. The van der Waals surface area contributed by atoms with E-state index < -0.39 is 0 Å². The van der Waals surface area contributed by atoms with E-state index in [0.717, 1.165) is 25.9 Å². The molecular formula is C20H27N3O3. The minimum atomic E-state index is -0.0710. The first-order chi connectivity index (χ1) is 12.6. The first-order valence-corrected chi connectivity index (χ1v) is 9.61. The van der Waals surface area contributed by atoms with Crippen LogP contribution in [0.2, 0.25) is 0 Å². The van der Waals surface area contributed by atoms with Gasteiger partial charge >= 0.3 is 0 Å². The van der Waals surface area contributed by atoms with Gasteiger partial charge in [-0.15, -0.1) is 0 Å². The van der Waals surface area contributed by atoms with Crippen LogP contribution in [-0.2, 0) is 9.53 Å². The van der Waals surface area contributed by atoms with Crippen molar-refractivity contribution in [3.63, 3.8) is 0 Å². The van der Waals surface area contributed by atoms with Gasteiger partial charge in [-0.25, -0.2) is 0 Å². The second-order valence-electron chi connectivity index (χ2n) is 8.04. The van der Waals surface area contributed by atoms with Gasteiger partial charge in [0.25, 0.3) is 5.91 Å². The topological polar surface area (TPSA) is 62.7 Å². The molecular weight excluding hydrogens is 330 g/mol. The third kappa shape index (κ3) is 3.22. The lowest BCUT2D eigenvalue weighted by Gasteiger charge is -2.41. The molecule has 0 unspecified atom stereocenters. The van der Waals surface area contributed by atoms with Gasteiger partial charge < -0.3 is 14.5 Å². The summed E-state index contributed by atoms with van der Waals surface area (Å²) < 4.78 is 5.40. The number of methoxy groups -OCH3 is 1. The number of carbonyl (C=O) groups excluding carboxylic acids is 2. The number of rotatable bonds is 5. The Bertz CT molecular complexity index is 666. The van der Waals surface area contributed by atoms with Crippen LogP contribution < -0.4 is 0 Å². The third-order valence-corrected chi connectivity index (χ3v) is 6.29. The minimum absolute atomic E-state index is 0.0112. The second kappa shape index (κ2) is 6.99. The molecule has 26 heavy (non-hydrogen) atoms. The molecule has 6 nitrogen and oxygen atoms in total. The van der Waals surface area contributed by atoms with E-state index in [1.807, 2.05) is 17.0 Å². The number of pyridine rings is 1. The van der Waals surface area contributed by atoms with Crippen LogP contribution in [-0.4, -0.2) is 66.5 Å². The van der Waals surface area contributed by atoms with Gasteiger partial charge in [0, 0.05) is 44.9 Å². The fourth-order valence-corrected chi connectivity index (χ4v) is 4.54. The molecule has 1 spiro atoms. The van der Waals surface area contributed by atoms with E-state index in [9.17, 15) is 9.59 Å². The minimum Gasteiger partial charge on any atom is -0.384 e. The first-order valence-electron chi connectivity index (χ1n) is 9.61. The van der Waals surface area contributed by atoms with Crippen LogP contribution >= 0.6 is 0 Å². The third-order valence-electron chi connectivity index (χ3n) is 6.29. The molecule has 0 aromatic carbocycles. The fraction of sp³-hybridized carbons (Fsp3) is 0.650. The van der Waals surface area contributed by atoms with Crippen LogP contribution in [0.5, 0.6) is 0 Å². The molecule has 0 bridgehead atoms. The van der Waals surface area contributed by atoms with Crippen molar-refractivity contribution in [1.29, 1.82) is 0 Å². The van der Waals surface area contributed by atoms with Gasteiger partial charge in [-0.2, -0.15) is 0 Å². The number of carbonyl (C=O) groups is 2. The van der Waals surface area contributed by atoms with Gasteiger partial charge in [0.15, 0.2) is 0 Å². The number of hydrogen-bond donors (Lipinski definition) is 0. The smallest absolute Gasteiger partial charge is 0.272 e. The molecule has 1 aliphatic carbocycles. The Labute approximate surface area is 154 Å². The number of aromatic nitrogens is 1. The zero-order valence-electron chi connectivity index (χ0n) is 15.4. The maximum Gasteiger partial charge on any atom is 0.272 e. The van der Waals surface area contributed by atoms with E-state index in [0.29, 0.717) is 31.3 Å². The van der Waals surface area contributed by atoms with Crippen LogP contribution in [0.15, 0.2) is 24.4 Å². The summed E-state index contributed by atoms with van der Waals surface area (Å²) in [6.45, 7) is 3.56. The van der Waals surface area contributed by atoms with Crippen molar-refractivity contribution in [2.75, 3.05) is 39.9 Å². The van der Waals surface area contributed by atoms with E-state index >= 15 is 0 Å². The van der Waals surface area contributed by atoms with E-state index in [-0.39, 0.29) is 23.1 Å². The highest BCUT2D eigenvalue weighted by Gasteiger charge is 2.53. The fourth-order valence-electron chi connectivity index (χ4n) is 4.54. The van der Waals surface area contributed by atoms with Crippen LogP contribution in [0.4, 0.5) is 0 Å². The summed E-state index contributed by atoms with van der Waals surface area (Å²) in [5.74, 6) is 0.868. The molecule has 3 aliphatic rings. The van der Waals surface area contributed by atoms with Gasteiger partial charge in [-0.1, -0.05) is 6.07 Å². The molecule has 0 N–H and O–H groups in total. The van der Waals surface area contributed by atoms with Gasteiger partial charge in [-0.3, -0.25) is 14.6 Å². The molecule has 1 saturated carbocycles. The molecule has 4 rings (SSSR count). The van der Waals surface area contributed by atoms with Crippen molar-refractivity contribution in [2.24, 2.45) is 17.3 Å². The average molecular weight is 357 g/mol. The highest BCUT2D eigenvalue weighted by Crippen LogP contribution is 2.46. The summed E-state index contributed by atoms with van der Waals surface area (Å²) in [6.07, 6.45) is 5.86. The molecule has 6 heteroatoms. The molecule has 3 fully saturated rings. The van der Waals surface area contributed by atoms with Crippen LogP contribution in [0.3, 0.4) is 0 Å². The SMILES string of the molecule is COC[C@H]1C(=O)N(CC2CC2)CC12CCN(C(=O)c1ccccn1)CC2. The average Bonchev–Trinajstić information content (AvgIpc) is 3.46. The highest BCUT2D eigenvalue weighted by atomic mass is 16.5. The summed E-state index contributed by atoms with van der Waals surface area (Å²) in [6, 6.07) is 5.42. The summed E-state index contributed by atoms with van der Waals surface area (Å²) >= 11 is 0. The summed E-state index contributed by atoms with van der Waals surface area (Å²) in [5.41, 5.74) is 0.442. The molecule has 140 valence electrons. The second-order valence-corrected chi connectivity index (χ2v) is 8.04. The van der Waals surface area contributed by atoms with E-state index in [1.54, 1.807) is 19.4 Å². The predicted molar refractivity (Wildman–Crippen MR) is 96.5 cm³/mol. The lowest BCUT2D eigenvalue weighted by atomic mass is 9.71. The van der Waals surface area contributed by atoms with Crippen molar-refractivity contribution >= 4 is 11.8 Å². The van der Waals surface area contributed by atoms with Gasteiger partial charge in [0.2, 0.25) is 5.91 Å². The number of amides is 2. The van der Waals surface area contributed by atoms with E-state index in [1.165, 1.54) is 12.8 Å². The molecule has 0 radical (unpaired) electrons. The summed E-state index contributed by atoms with van der Waals surface area (Å²) in [7, 11) is 1.67. The monoisotopic (exact) mass is 357 g/mol. The van der Waals surface area contributed by atoms with Crippen molar-refractivity contribution in [2.45, 2.75) is 25.7 Å². The standard InChI is InChI=1S/C20H27N3O3/c1-26-13-16-18(24)23(12-15-5-6-15)14-20(16)7-10-22(11-8-20)19(25)17-4-2-3-9-21-17/h2-4,9,15-16H,5-8,10-14H2,1H3/t16-/m0/s1. The Hall–Kier alpha value is -1.95. The molecule has 2 saturated heterocycles. The van der Waals surface area contributed by atoms with Gasteiger partial charge in [-0.05, 0) is 43.7 Å². The highest BCUT2D eigenvalue weighted by molar-refractivity contribution is 5.92. The van der Waals surface area contributed by atoms with Crippen molar-refractivity contribution in [3.05, 3.63) is 30.1 Å². The Kier molecular flexibility index (Phi) is 4.69. The molecule has 1 aromatic rings. The molecule has 2 amide bonds. The molecule has 2 aliphatic heterocycles. The Morgan fingerprint density at radius 3 is 2.69 bits per heavy atom. The summed E-state index contributed by atoms with van der Waals surface area (Å²) in [5, 5.41) is 0. The first kappa shape index (κ1) is 17.5. The van der Waals surface area contributed by atoms with Crippen molar-refractivity contribution in [3.8, 4) is 0 Å². The van der Waals surface area contributed by atoms with Gasteiger partial charge in [0.05, 0.1) is 12.5 Å². The number of ether oxygens (including phenoxy) is 1. The maximum atomic E-state index is 12.9. The quantitative estimate of drug-likeness (QED) is 0.806. The Morgan fingerprint density at radius 1 is 1.31 bits per heavy atom. The Balaban J connectivity index is 1.45. The summed E-state index contributed by atoms with van der Waals surface area (Å²) in [4.78, 5) is 33.7. The van der Waals surface area contributed by atoms with Crippen molar-refractivity contribution < 1.29 is 14.3 Å². The van der Waals surface area contributed by atoms with Crippen LogP contribution in [0.25, 0.3) is 0 Å². The van der Waals surface area contributed by atoms with E-state index in [4.69, 9.17) is 4.74 Å². The van der Waals surface area contributed by atoms with Crippen molar-refractivity contribution in [1.82, 2.24) is 14.8 Å². The zero-order chi connectivity index (χ0) is 18.1. The number of nitrogens with zero attached hydrogens (tertiary/aromatic N) is 3. The van der Waals surface area contributed by atoms with Crippen LogP contribution in [0, 0.1) is 17.3 Å². The largest absolute Gasteiger partial charge is 0.384 e. The number of piperidine rings is 1.